The second-order valence-corrected chi connectivity index (χ2v) is 13.6. The Balaban J connectivity index is 1.30. The summed E-state index contributed by atoms with van der Waals surface area (Å²) in [6.45, 7) is 4.69. The van der Waals surface area contributed by atoms with E-state index in [1.165, 1.54) is 64.3 Å². The summed E-state index contributed by atoms with van der Waals surface area (Å²) in [4.78, 5) is 2.45. The van der Waals surface area contributed by atoms with E-state index >= 15 is 0 Å². The molecule has 45 heavy (non-hydrogen) atoms. The van der Waals surface area contributed by atoms with Gasteiger partial charge >= 0.3 is 0 Å². The van der Waals surface area contributed by atoms with Gasteiger partial charge in [-0.15, -0.1) is 11.3 Å². The third-order valence-electron chi connectivity index (χ3n) is 9.65. The van der Waals surface area contributed by atoms with Crippen LogP contribution < -0.4 is 4.90 Å². The van der Waals surface area contributed by atoms with E-state index in [0.29, 0.717) is 0 Å². The van der Waals surface area contributed by atoms with Crippen LogP contribution in [0.3, 0.4) is 0 Å². The van der Waals surface area contributed by atoms with Crippen LogP contribution in [0, 0.1) is 0 Å². The van der Waals surface area contributed by atoms with Crippen LogP contribution in [0.2, 0.25) is 0 Å². The Labute approximate surface area is 267 Å². The number of anilines is 3. The lowest BCUT2D eigenvalue weighted by molar-refractivity contribution is 0.660. The van der Waals surface area contributed by atoms with Crippen molar-refractivity contribution in [2.75, 3.05) is 4.90 Å². The Kier molecular flexibility index (Phi) is 5.78. The van der Waals surface area contributed by atoms with Gasteiger partial charge in [-0.05, 0) is 81.1 Å². The molecule has 0 saturated heterocycles. The Morgan fingerprint density at radius 3 is 2.07 bits per heavy atom. The highest BCUT2D eigenvalue weighted by molar-refractivity contribution is 7.26. The minimum Gasteiger partial charge on any atom is -0.310 e. The number of benzene rings is 7. The van der Waals surface area contributed by atoms with Gasteiger partial charge in [0.05, 0.1) is 5.69 Å². The van der Waals surface area contributed by atoms with Gasteiger partial charge in [-0.25, -0.2) is 0 Å². The number of hydrogen-bond acceptors (Lipinski definition) is 2. The molecule has 8 aromatic rings. The number of hydrogen-bond donors (Lipinski definition) is 0. The zero-order valence-electron chi connectivity index (χ0n) is 25.3. The maximum atomic E-state index is 2.45. The second kappa shape index (κ2) is 9.92. The minimum absolute atomic E-state index is 0.0329. The number of para-hydroxylation sites is 1. The average Bonchev–Trinajstić information content (AvgIpc) is 3.58. The lowest BCUT2D eigenvalue weighted by atomic mass is 9.82. The van der Waals surface area contributed by atoms with Crippen LogP contribution in [-0.4, -0.2) is 0 Å². The third-order valence-corrected chi connectivity index (χ3v) is 10.8. The van der Waals surface area contributed by atoms with E-state index in [2.05, 4.69) is 170 Å². The summed E-state index contributed by atoms with van der Waals surface area (Å²) >= 11 is 1.88. The second-order valence-electron chi connectivity index (χ2n) is 12.6. The third kappa shape index (κ3) is 3.99. The van der Waals surface area contributed by atoms with Crippen molar-refractivity contribution < 1.29 is 0 Å². The van der Waals surface area contributed by atoms with Crippen LogP contribution in [0.1, 0.15) is 25.0 Å². The monoisotopic (exact) mass is 593 g/mol. The standard InChI is InChI=1S/C43H31NS/c1-43(2)37-17-9-6-15-34(37)36-27-31(22-24-38(36)43)44(39-18-10-7-14-32(39)28-12-4-3-5-13-28)30-21-23-33-29(26-30)20-25-41-42(33)35-16-8-11-19-40(35)45-41/h3-27H,1-2H3. The summed E-state index contributed by atoms with van der Waals surface area (Å²) in [5.74, 6) is 0. The number of fused-ring (bicyclic) bond motifs is 8. The Morgan fingerprint density at radius 1 is 0.489 bits per heavy atom. The summed E-state index contributed by atoms with van der Waals surface area (Å²) in [5, 5.41) is 5.24. The van der Waals surface area contributed by atoms with E-state index in [0.717, 1.165) is 17.1 Å². The van der Waals surface area contributed by atoms with Gasteiger partial charge in [-0.2, -0.15) is 0 Å². The molecule has 0 unspecified atom stereocenters. The SMILES string of the molecule is CC1(C)c2ccccc2-c2cc(N(c3ccc4c(ccc5sc6ccccc6c54)c3)c3ccccc3-c3ccccc3)ccc21. The van der Waals surface area contributed by atoms with Crippen LogP contribution in [-0.2, 0) is 5.41 Å². The number of thiophene rings is 1. The highest BCUT2D eigenvalue weighted by atomic mass is 32.1. The molecule has 1 aliphatic carbocycles. The van der Waals surface area contributed by atoms with Crippen molar-refractivity contribution in [1.82, 2.24) is 0 Å². The van der Waals surface area contributed by atoms with Gasteiger partial charge in [0, 0.05) is 42.5 Å². The van der Waals surface area contributed by atoms with Gasteiger partial charge in [0.25, 0.3) is 0 Å². The van der Waals surface area contributed by atoms with Crippen LogP contribution in [0.25, 0.3) is 53.2 Å². The van der Waals surface area contributed by atoms with Gasteiger partial charge in [0.1, 0.15) is 0 Å². The van der Waals surface area contributed by atoms with Crippen LogP contribution in [0.5, 0.6) is 0 Å². The maximum absolute atomic E-state index is 2.45. The van der Waals surface area contributed by atoms with Gasteiger partial charge in [0.2, 0.25) is 0 Å². The molecule has 0 N–H and O–H groups in total. The Morgan fingerprint density at radius 2 is 1.18 bits per heavy atom. The Hall–Kier alpha value is -5.18. The molecule has 9 rings (SSSR count). The predicted octanol–water partition coefficient (Wildman–Crippen LogP) is 12.7. The summed E-state index contributed by atoms with van der Waals surface area (Å²) < 4.78 is 2.67. The van der Waals surface area contributed by atoms with Crippen LogP contribution in [0.4, 0.5) is 17.1 Å². The van der Waals surface area contributed by atoms with E-state index in [9.17, 15) is 0 Å². The topological polar surface area (TPSA) is 3.24 Å². The zero-order valence-corrected chi connectivity index (χ0v) is 26.1. The lowest BCUT2D eigenvalue weighted by Crippen LogP contribution is -2.15. The van der Waals surface area contributed by atoms with Crippen molar-refractivity contribution in [2.45, 2.75) is 19.3 Å². The van der Waals surface area contributed by atoms with Crippen molar-refractivity contribution >= 4 is 59.3 Å². The summed E-state index contributed by atoms with van der Waals surface area (Å²) in [6.07, 6.45) is 0. The molecule has 7 aromatic carbocycles. The largest absolute Gasteiger partial charge is 0.310 e. The van der Waals surface area contributed by atoms with E-state index in [4.69, 9.17) is 0 Å². The first kappa shape index (κ1) is 26.2. The number of rotatable bonds is 4. The first-order chi connectivity index (χ1) is 22.1. The van der Waals surface area contributed by atoms with Crippen molar-refractivity contribution in [1.29, 1.82) is 0 Å². The van der Waals surface area contributed by atoms with Crippen molar-refractivity contribution in [2.24, 2.45) is 0 Å². The molecule has 0 bridgehead atoms. The fraction of sp³-hybridized carbons (Fsp3) is 0.0698. The van der Waals surface area contributed by atoms with Gasteiger partial charge < -0.3 is 4.90 Å². The van der Waals surface area contributed by atoms with Gasteiger partial charge in [-0.3, -0.25) is 0 Å². The van der Waals surface area contributed by atoms with E-state index in [-0.39, 0.29) is 5.41 Å². The average molecular weight is 594 g/mol. The molecule has 1 nitrogen and oxygen atoms in total. The lowest BCUT2D eigenvalue weighted by Gasteiger charge is -2.29. The van der Waals surface area contributed by atoms with Gasteiger partial charge in [-0.1, -0.05) is 123 Å². The zero-order chi connectivity index (χ0) is 30.1. The molecule has 214 valence electrons. The summed E-state index contributed by atoms with van der Waals surface area (Å²) in [5.41, 5.74) is 11.3. The van der Waals surface area contributed by atoms with E-state index < -0.39 is 0 Å². The highest BCUT2D eigenvalue weighted by Gasteiger charge is 2.35. The Bertz CT molecular complexity index is 2410. The molecule has 1 heterocycles. The fourth-order valence-corrected chi connectivity index (χ4v) is 8.61. The van der Waals surface area contributed by atoms with Gasteiger partial charge in [0.15, 0.2) is 0 Å². The molecule has 1 aromatic heterocycles. The summed E-state index contributed by atoms with van der Waals surface area (Å²) in [7, 11) is 0. The quantitative estimate of drug-likeness (QED) is 0.196. The van der Waals surface area contributed by atoms with E-state index in [1.807, 2.05) is 11.3 Å². The minimum atomic E-state index is -0.0329. The van der Waals surface area contributed by atoms with Crippen LogP contribution >= 0.6 is 11.3 Å². The van der Waals surface area contributed by atoms with Crippen LogP contribution in [0.15, 0.2) is 152 Å². The predicted molar refractivity (Wildman–Crippen MR) is 195 cm³/mol. The molecule has 0 amide bonds. The normalized spacial score (nSPS) is 13.3. The molecule has 1 aliphatic rings. The molecule has 0 saturated carbocycles. The van der Waals surface area contributed by atoms with Crippen molar-refractivity contribution in [3.05, 3.63) is 163 Å². The molecule has 0 radical (unpaired) electrons. The molecule has 2 heteroatoms. The summed E-state index contributed by atoms with van der Waals surface area (Å²) in [6, 6.07) is 55.9. The molecule has 0 atom stereocenters. The maximum Gasteiger partial charge on any atom is 0.0540 e. The van der Waals surface area contributed by atoms with Crippen molar-refractivity contribution in [3.63, 3.8) is 0 Å². The smallest absolute Gasteiger partial charge is 0.0540 e. The number of nitrogens with zero attached hydrogens (tertiary/aromatic N) is 1. The molecule has 0 spiro atoms. The molecular formula is C43H31NS. The van der Waals surface area contributed by atoms with Crippen molar-refractivity contribution in [3.8, 4) is 22.3 Å². The molecular weight excluding hydrogens is 563 g/mol. The fourth-order valence-electron chi connectivity index (χ4n) is 7.48. The van der Waals surface area contributed by atoms with E-state index in [1.54, 1.807) is 0 Å². The molecule has 0 aliphatic heterocycles. The molecule has 0 fully saturated rings. The first-order valence-electron chi connectivity index (χ1n) is 15.6. The first-order valence-corrected chi connectivity index (χ1v) is 16.4. The highest BCUT2D eigenvalue weighted by Crippen LogP contribution is 2.51.